The molecular formula is C15H14O4. The molecule has 98 valence electrons. The normalized spacial score (nSPS) is 8.89. The zero-order valence-corrected chi connectivity index (χ0v) is 10.4. The standard InChI is InChI=1S/C8H8O2.C7H6O2/c1-10-8-4-2-7(6-9)3-5-8;8-5-6-3-1-2-4-7(6)9/h2-6H,1H3;1-5,9H. The number of methoxy groups -OCH3 is 1. The third-order valence-electron chi connectivity index (χ3n) is 2.32. The second-order valence-electron chi connectivity index (χ2n) is 3.57. The largest absolute Gasteiger partial charge is 0.507 e. The minimum absolute atomic E-state index is 0.0347. The predicted molar refractivity (Wildman–Crippen MR) is 71.9 cm³/mol. The number of hydrogen-bond acceptors (Lipinski definition) is 4. The van der Waals surface area contributed by atoms with Gasteiger partial charge in [0.1, 0.15) is 17.8 Å². The van der Waals surface area contributed by atoms with Crippen LogP contribution in [0, 0.1) is 0 Å². The molecular weight excluding hydrogens is 244 g/mol. The van der Waals surface area contributed by atoms with Crippen LogP contribution in [-0.4, -0.2) is 24.8 Å². The van der Waals surface area contributed by atoms with Gasteiger partial charge in [0.2, 0.25) is 0 Å². The van der Waals surface area contributed by atoms with Crippen LogP contribution in [0.5, 0.6) is 11.5 Å². The van der Waals surface area contributed by atoms with Gasteiger partial charge in [-0.3, -0.25) is 9.59 Å². The van der Waals surface area contributed by atoms with Gasteiger partial charge in [-0.05, 0) is 36.4 Å². The number of aldehydes is 2. The highest BCUT2D eigenvalue weighted by atomic mass is 16.5. The highest BCUT2D eigenvalue weighted by Gasteiger charge is 1.93. The van der Waals surface area contributed by atoms with Crippen LogP contribution in [0.25, 0.3) is 0 Å². The Labute approximate surface area is 111 Å². The van der Waals surface area contributed by atoms with Gasteiger partial charge in [-0.2, -0.15) is 0 Å². The van der Waals surface area contributed by atoms with E-state index >= 15 is 0 Å². The molecule has 4 nitrogen and oxygen atoms in total. The Hall–Kier alpha value is -2.62. The summed E-state index contributed by atoms with van der Waals surface area (Å²) in [5.41, 5.74) is 0.998. The van der Waals surface area contributed by atoms with E-state index in [0.29, 0.717) is 17.4 Å². The van der Waals surface area contributed by atoms with Crippen molar-refractivity contribution in [1.29, 1.82) is 0 Å². The maximum absolute atomic E-state index is 10.2. The van der Waals surface area contributed by atoms with E-state index in [0.717, 1.165) is 12.0 Å². The Morgan fingerprint density at radius 2 is 1.58 bits per heavy atom. The first kappa shape index (κ1) is 14.4. The summed E-state index contributed by atoms with van der Waals surface area (Å²) in [6.07, 6.45) is 1.43. The first-order chi connectivity index (χ1) is 9.21. The highest BCUT2D eigenvalue weighted by Crippen LogP contribution is 2.11. The molecule has 2 aromatic carbocycles. The van der Waals surface area contributed by atoms with Crippen molar-refractivity contribution in [1.82, 2.24) is 0 Å². The maximum Gasteiger partial charge on any atom is 0.153 e. The van der Waals surface area contributed by atoms with Gasteiger partial charge in [-0.25, -0.2) is 0 Å². The Morgan fingerprint density at radius 3 is 2.00 bits per heavy atom. The van der Waals surface area contributed by atoms with Crippen molar-refractivity contribution in [3.63, 3.8) is 0 Å². The van der Waals surface area contributed by atoms with Crippen molar-refractivity contribution in [2.24, 2.45) is 0 Å². The molecule has 0 radical (unpaired) electrons. The lowest BCUT2D eigenvalue weighted by Crippen LogP contribution is -1.82. The number of para-hydroxylation sites is 1. The monoisotopic (exact) mass is 258 g/mol. The molecule has 2 rings (SSSR count). The lowest BCUT2D eigenvalue weighted by atomic mass is 10.2. The number of hydrogen-bond donors (Lipinski definition) is 1. The summed E-state index contributed by atoms with van der Waals surface area (Å²) in [5, 5.41) is 8.88. The molecule has 0 atom stereocenters. The second kappa shape index (κ2) is 7.66. The molecule has 0 aromatic heterocycles. The zero-order valence-electron chi connectivity index (χ0n) is 10.4. The van der Waals surface area contributed by atoms with Crippen LogP contribution < -0.4 is 4.74 Å². The number of phenols is 1. The molecule has 0 saturated carbocycles. The van der Waals surface area contributed by atoms with Gasteiger partial charge in [0.05, 0.1) is 12.7 Å². The minimum atomic E-state index is 0.0347. The van der Waals surface area contributed by atoms with Gasteiger partial charge in [0.25, 0.3) is 0 Å². The highest BCUT2D eigenvalue weighted by molar-refractivity contribution is 5.78. The molecule has 0 saturated heterocycles. The van der Waals surface area contributed by atoms with Gasteiger partial charge in [0.15, 0.2) is 6.29 Å². The lowest BCUT2D eigenvalue weighted by Gasteiger charge is -1.96. The SMILES string of the molecule is COc1ccc(C=O)cc1.O=Cc1ccccc1O. The number of carbonyl (C=O) groups excluding carboxylic acids is 2. The molecule has 2 aromatic rings. The Morgan fingerprint density at radius 1 is 0.947 bits per heavy atom. The fourth-order valence-electron chi connectivity index (χ4n) is 1.27. The average molecular weight is 258 g/mol. The molecule has 4 heteroatoms. The number of phenolic OH excluding ortho intramolecular Hbond substituents is 1. The Balaban J connectivity index is 0.000000191. The van der Waals surface area contributed by atoms with Crippen LogP contribution in [0.15, 0.2) is 48.5 Å². The number of benzene rings is 2. The number of ether oxygens (including phenoxy) is 1. The van der Waals surface area contributed by atoms with Crippen molar-refractivity contribution in [2.45, 2.75) is 0 Å². The van der Waals surface area contributed by atoms with E-state index in [2.05, 4.69) is 0 Å². The Kier molecular flexibility index (Phi) is 5.82. The van der Waals surface area contributed by atoms with Crippen LogP contribution in [0.2, 0.25) is 0 Å². The van der Waals surface area contributed by atoms with Gasteiger partial charge in [0, 0.05) is 5.56 Å². The van der Waals surface area contributed by atoms with Crippen LogP contribution in [0.1, 0.15) is 20.7 Å². The van der Waals surface area contributed by atoms with Gasteiger partial charge < -0.3 is 9.84 Å². The van der Waals surface area contributed by atoms with Crippen molar-refractivity contribution >= 4 is 12.6 Å². The van der Waals surface area contributed by atoms with E-state index in [9.17, 15) is 9.59 Å². The van der Waals surface area contributed by atoms with Crippen LogP contribution in [0.4, 0.5) is 0 Å². The van der Waals surface area contributed by atoms with E-state index in [1.54, 1.807) is 49.6 Å². The first-order valence-electron chi connectivity index (χ1n) is 5.53. The fraction of sp³-hybridized carbons (Fsp3) is 0.0667. The van der Waals surface area contributed by atoms with Gasteiger partial charge in [-0.15, -0.1) is 0 Å². The molecule has 1 N–H and O–H groups in total. The first-order valence-corrected chi connectivity index (χ1v) is 5.53. The number of rotatable bonds is 3. The summed E-state index contributed by atoms with van der Waals surface area (Å²) in [6.45, 7) is 0. The van der Waals surface area contributed by atoms with Crippen molar-refractivity contribution in [2.75, 3.05) is 7.11 Å². The summed E-state index contributed by atoms with van der Waals surface area (Å²) >= 11 is 0. The second-order valence-corrected chi connectivity index (χ2v) is 3.57. The van der Waals surface area contributed by atoms with E-state index in [1.807, 2.05) is 0 Å². The van der Waals surface area contributed by atoms with Crippen molar-refractivity contribution in [3.05, 3.63) is 59.7 Å². The number of carbonyl (C=O) groups is 2. The quantitative estimate of drug-likeness (QED) is 0.860. The van der Waals surface area contributed by atoms with E-state index in [4.69, 9.17) is 9.84 Å². The molecule has 0 bridgehead atoms. The third kappa shape index (κ3) is 4.63. The smallest absolute Gasteiger partial charge is 0.153 e. The van der Waals surface area contributed by atoms with Gasteiger partial charge >= 0.3 is 0 Å². The van der Waals surface area contributed by atoms with Gasteiger partial charge in [-0.1, -0.05) is 12.1 Å². The molecule has 0 unspecified atom stereocenters. The molecule has 0 spiro atoms. The predicted octanol–water partition coefficient (Wildman–Crippen LogP) is 2.71. The van der Waals surface area contributed by atoms with Crippen LogP contribution in [0.3, 0.4) is 0 Å². The van der Waals surface area contributed by atoms with E-state index in [1.165, 1.54) is 6.07 Å². The molecule has 0 aliphatic carbocycles. The van der Waals surface area contributed by atoms with Crippen molar-refractivity contribution < 1.29 is 19.4 Å². The third-order valence-corrected chi connectivity index (χ3v) is 2.32. The summed E-state index contributed by atoms with van der Waals surface area (Å²) < 4.78 is 4.90. The Bertz CT molecular complexity index is 532. The molecule has 0 amide bonds. The summed E-state index contributed by atoms with van der Waals surface area (Å²) in [5.74, 6) is 0.804. The number of aromatic hydroxyl groups is 1. The lowest BCUT2D eigenvalue weighted by molar-refractivity contribution is 0.111. The van der Waals surface area contributed by atoms with Crippen molar-refractivity contribution in [3.8, 4) is 11.5 Å². The molecule has 0 aliphatic rings. The minimum Gasteiger partial charge on any atom is -0.507 e. The molecule has 19 heavy (non-hydrogen) atoms. The molecule has 0 heterocycles. The average Bonchev–Trinajstić information content (AvgIpc) is 2.48. The molecule has 0 fully saturated rings. The van der Waals surface area contributed by atoms with E-state index < -0.39 is 0 Å². The fourth-order valence-corrected chi connectivity index (χ4v) is 1.27. The van der Waals surface area contributed by atoms with Crippen LogP contribution >= 0.6 is 0 Å². The van der Waals surface area contributed by atoms with Crippen LogP contribution in [-0.2, 0) is 0 Å². The summed E-state index contributed by atoms with van der Waals surface area (Å²) in [6, 6.07) is 13.3. The zero-order chi connectivity index (χ0) is 14.1. The topological polar surface area (TPSA) is 63.6 Å². The summed E-state index contributed by atoms with van der Waals surface area (Å²) in [4.78, 5) is 20.2. The summed E-state index contributed by atoms with van der Waals surface area (Å²) in [7, 11) is 1.59. The van der Waals surface area contributed by atoms with E-state index in [-0.39, 0.29) is 5.75 Å². The molecule has 0 aliphatic heterocycles. The maximum atomic E-state index is 10.2.